The molecule has 2 unspecified atom stereocenters. The molecule has 1 N–H and O–H groups in total. The molecule has 1 aliphatic rings. The molecule has 2 rings (SSSR count). The standard InChI is InChI=1S/C13H17N3O3/c1-15(2)11-7-12(14-8-11)13(17)9-3-5-10(6-4-9)16(18)19/h3-6,11-12,14H,7-8H2,1-2H3. The van der Waals surface area contributed by atoms with Crippen LogP contribution in [-0.4, -0.2) is 48.3 Å². The second-order valence-electron chi connectivity index (χ2n) is 4.98. The molecule has 1 fully saturated rings. The van der Waals surface area contributed by atoms with Crippen LogP contribution in [0.1, 0.15) is 16.8 Å². The molecule has 6 heteroatoms. The first-order valence-corrected chi connectivity index (χ1v) is 6.17. The third-order valence-corrected chi connectivity index (χ3v) is 3.52. The van der Waals surface area contributed by atoms with Crippen molar-refractivity contribution >= 4 is 11.5 Å². The van der Waals surface area contributed by atoms with Gasteiger partial charge in [-0.25, -0.2) is 0 Å². The Kier molecular flexibility index (Phi) is 3.92. The number of carbonyl (C=O) groups is 1. The van der Waals surface area contributed by atoms with Gasteiger partial charge in [0.05, 0.1) is 11.0 Å². The first-order chi connectivity index (χ1) is 8.99. The van der Waals surface area contributed by atoms with E-state index in [1.54, 1.807) is 0 Å². The maximum Gasteiger partial charge on any atom is 0.269 e. The minimum absolute atomic E-state index is 0.000696. The molecule has 19 heavy (non-hydrogen) atoms. The van der Waals surface area contributed by atoms with Crippen LogP contribution in [0.3, 0.4) is 0 Å². The second-order valence-corrected chi connectivity index (χ2v) is 4.98. The van der Waals surface area contributed by atoms with E-state index in [4.69, 9.17) is 0 Å². The van der Waals surface area contributed by atoms with Crippen LogP contribution in [0.25, 0.3) is 0 Å². The van der Waals surface area contributed by atoms with Crippen LogP contribution in [0.5, 0.6) is 0 Å². The van der Waals surface area contributed by atoms with Gasteiger partial charge in [0.15, 0.2) is 5.78 Å². The highest BCUT2D eigenvalue weighted by atomic mass is 16.6. The summed E-state index contributed by atoms with van der Waals surface area (Å²) in [6.45, 7) is 0.788. The molecule has 1 aromatic carbocycles. The molecule has 0 aliphatic carbocycles. The molecular weight excluding hydrogens is 246 g/mol. The Morgan fingerprint density at radius 3 is 2.47 bits per heavy atom. The van der Waals surface area contributed by atoms with E-state index in [9.17, 15) is 14.9 Å². The lowest BCUT2D eigenvalue weighted by molar-refractivity contribution is -0.384. The van der Waals surface area contributed by atoms with Crippen molar-refractivity contribution in [2.45, 2.75) is 18.5 Å². The molecule has 1 saturated heterocycles. The summed E-state index contributed by atoms with van der Waals surface area (Å²) in [5.41, 5.74) is 0.518. The van der Waals surface area contributed by atoms with E-state index in [1.807, 2.05) is 14.1 Å². The van der Waals surface area contributed by atoms with Gasteiger partial charge < -0.3 is 10.2 Å². The van der Waals surface area contributed by atoms with E-state index in [-0.39, 0.29) is 17.5 Å². The zero-order valence-electron chi connectivity index (χ0n) is 11.0. The molecule has 1 aromatic rings. The van der Waals surface area contributed by atoms with Gasteiger partial charge in [0.1, 0.15) is 0 Å². The Labute approximate surface area is 111 Å². The number of hydrogen-bond donors (Lipinski definition) is 1. The van der Waals surface area contributed by atoms with E-state index in [1.165, 1.54) is 24.3 Å². The van der Waals surface area contributed by atoms with Gasteiger partial charge in [-0.15, -0.1) is 0 Å². The zero-order chi connectivity index (χ0) is 14.0. The van der Waals surface area contributed by atoms with E-state index in [2.05, 4.69) is 10.2 Å². The summed E-state index contributed by atoms with van der Waals surface area (Å²) in [5, 5.41) is 13.8. The molecule has 0 aromatic heterocycles. The summed E-state index contributed by atoms with van der Waals surface area (Å²) in [4.78, 5) is 24.4. The maximum atomic E-state index is 12.2. The molecule has 1 heterocycles. The molecule has 0 radical (unpaired) electrons. The quantitative estimate of drug-likeness (QED) is 0.499. The van der Waals surface area contributed by atoms with Crippen molar-refractivity contribution in [1.82, 2.24) is 10.2 Å². The van der Waals surface area contributed by atoms with Crippen molar-refractivity contribution in [3.8, 4) is 0 Å². The van der Waals surface area contributed by atoms with Crippen molar-refractivity contribution < 1.29 is 9.72 Å². The van der Waals surface area contributed by atoms with Gasteiger partial charge >= 0.3 is 0 Å². The van der Waals surface area contributed by atoms with Gasteiger partial charge in [-0.3, -0.25) is 14.9 Å². The number of non-ortho nitro benzene ring substituents is 1. The minimum Gasteiger partial charge on any atom is -0.306 e. The van der Waals surface area contributed by atoms with E-state index in [0.717, 1.165) is 13.0 Å². The predicted molar refractivity (Wildman–Crippen MR) is 71.3 cm³/mol. The molecule has 0 bridgehead atoms. The van der Waals surface area contributed by atoms with Gasteiger partial charge in [0.2, 0.25) is 0 Å². The minimum atomic E-state index is -0.468. The third-order valence-electron chi connectivity index (χ3n) is 3.52. The number of nitro benzene ring substituents is 1. The van der Waals surface area contributed by atoms with Gasteiger partial charge in [0.25, 0.3) is 5.69 Å². The molecular formula is C13H17N3O3. The van der Waals surface area contributed by atoms with Crippen molar-refractivity contribution in [3.05, 3.63) is 39.9 Å². The summed E-state index contributed by atoms with van der Waals surface area (Å²) in [6.07, 6.45) is 0.767. The zero-order valence-corrected chi connectivity index (χ0v) is 11.0. The van der Waals surface area contributed by atoms with Gasteiger partial charge in [-0.1, -0.05) is 0 Å². The summed E-state index contributed by atoms with van der Waals surface area (Å²) >= 11 is 0. The summed E-state index contributed by atoms with van der Waals surface area (Å²) in [7, 11) is 3.98. The van der Waals surface area contributed by atoms with Crippen LogP contribution < -0.4 is 5.32 Å². The number of likely N-dealkylation sites (N-methyl/N-ethyl adjacent to an activating group) is 1. The molecule has 0 spiro atoms. The first-order valence-electron chi connectivity index (χ1n) is 6.17. The summed E-state index contributed by atoms with van der Waals surface area (Å²) < 4.78 is 0. The number of Topliss-reactive ketones (excluding diaryl/α,β-unsaturated/α-hetero) is 1. The van der Waals surface area contributed by atoms with Crippen LogP contribution >= 0.6 is 0 Å². The van der Waals surface area contributed by atoms with Crippen molar-refractivity contribution in [2.24, 2.45) is 0 Å². The number of benzene rings is 1. The third kappa shape index (κ3) is 2.97. The lowest BCUT2D eigenvalue weighted by atomic mass is 10.0. The number of hydrogen-bond acceptors (Lipinski definition) is 5. The first kappa shape index (κ1) is 13.6. The number of carbonyl (C=O) groups excluding carboxylic acids is 1. The van der Waals surface area contributed by atoms with E-state index in [0.29, 0.717) is 11.6 Å². The Morgan fingerprint density at radius 1 is 1.37 bits per heavy atom. The smallest absolute Gasteiger partial charge is 0.269 e. The van der Waals surface area contributed by atoms with Crippen molar-refractivity contribution in [1.29, 1.82) is 0 Å². The van der Waals surface area contributed by atoms with Gasteiger partial charge in [-0.2, -0.15) is 0 Å². The van der Waals surface area contributed by atoms with Crippen LogP contribution in [-0.2, 0) is 0 Å². The monoisotopic (exact) mass is 263 g/mol. The average molecular weight is 263 g/mol. The van der Waals surface area contributed by atoms with E-state index >= 15 is 0 Å². The highest BCUT2D eigenvalue weighted by Crippen LogP contribution is 2.18. The Morgan fingerprint density at radius 2 is 2.00 bits per heavy atom. The average Bonchev–Trinajstić information content (AvgIpc) is 2.87. The van der Waals surface area contributed by atoms with Crippen LogP contribution in [0.15, 0.2) is 24.3 Å². The van der Waals surface area contributed by atoms with Crippen LogP contribution in [0.2, 0.25) is 0 Å². The second kappa shape index (κ2) is 5.46. The highest BCUT2D eigenvalue weighted by molar-refractivity contribution is 6.00. The number of rotatable bonds is 4. The fraction of sp³-hybridized carbons (Fsp3) is 0.462. The molecule has 0 amide bonds. The maximum absolute atomic E-state index is 12.2. The Hall–Kier alpha value is -1.79. The van der Waals surface area contributed by atoms with Crippen LogP contribution in [0, 0.1) is 10.1 Å². The van der Waals surface area contributed by atoms with Crippen LogP contribution in [0.4, 0.5) is 5.69 Å². The lowest BCUT2D eigenvalue weighted by Gasteiger charge is -2.17. The van der Waals surface area contributed by atoms with Crippen molar-refractivity contribution in [2.75, 3.05) is 20.6 Å². The topological polar surface area (TPSA) is 75.5 Å². The number of nitrogens with one attached hydrogen (secondary N) is 1. The highest BCUT2D eigenvalue weighted by Gasteiger charge is 2.30. The molecule has 1 aliphatic heterocycles. The SMILES string of the molecule is CN(C)C1CNC(C(=O)c2ccc([N+](=O)[O-])cc2)C1. The molecule has 102 valence electrons. The predicted octanol–water partition coefficient (Wildman–Crippen LogP) is 1.07. The number of nitrogens with zero attached hydrogens (tertiary/aromatic N) is 2. The fourth-order valence-electron chi connectivity index (χ4n) is 2.26. The molecule has 6 nitrogen and oxygen atoms in total. The van der Waals surface area contributed by atoms with Gasteiger partial charge in [-0.05, 0) is 32.6 Å². The summed E-state index contributed by atoms with van der Waals surface area (Å²) in [6, 6.07) is 5.92. The van der Waals surface area contributed by atoms with E-state index < -0.39 is 4.92 Å². The molecule has 2 atom stereocenters. The van der Waals surface area contributed by atoms with Crippen molar-refractivity contribution in [3.63, 3.8) is 0 Å². The Bertz CT molecular complexity index is 484. The molecule has 0 saturated carbocycles. The van der Waals surface area contributed by atoms with Gasteiger partial charge in [0, 0.05) is 30.3 Å². The fourth-order valence-corrected chi connectivity index (χ4v) is 2.26. The normalized spacial score (nSPS) is 22.7. The lowest BCUT2D eigenvalue weighted by Crippen LogP contribution is -2.30. The Balaban J connectivity index is 2.06. The largest absolute Gasteiger partial charge is 0.306 e. The number of ketones is 1. The summed E-state index contributed by atoms with van der Waals surface area (Å²) in [5.74, 6) is -0.000696. The number of nitro groups is 1.